The van der Waals surface area contributed by atoms with Gasteiger partial charge in [-0.1, -0.05) is 6.92 Å². The highest BCUT2D eigenvalue weighted by molar-refractivity contribution is 5.94. The Hall–Kier alpha value is -2.51. The molecule has 0 bridgehead atoms. The number of aromatic nitrogens is 1. The van der Waals surface area contributed by atoms with Crippen LogP contribution in [0, 0.1) is 0 Å². The van der Waals surface area contributed by atoms with Crippen LogP contribution in [0.25, 0.3) is 0 Å². The van der Waals surface area contributed by atoms with Gasteiger partial charge in [0.2, 0.25) is 0 Å². The zero-order valence-corrected chi connectivity index (χ0v) is 13.2. The molecule has 22 heavy (non-hydrogen) atoms. The van der Waals surface area contributed by atoms with Gasteiger partial charge in [-0.2, -0.15) is 0 Å². The highest BCUT2D eigenvalue weighted by Crippen LogP contribution is 2.07. The van der Waals surface area contributed by atoms with E-state index in [4.69, 9.17) is 10.5 Å². The average molecular weight is 310 g/mol. The lowest BCUT2D eigenvalue weighted by molar-refractivity contribution is -0.119. The molecule has 3 amide bonds. The number of primary amides is 1. The predicted molar refractivity (Wildman–Crippen MR) is 80.8 cm³/mol. The fourth-order valence-corrected chi connectivity index (χ4v) is 1.68. The Balaban J connectivity index is 2.70. The first-order chi connectivity index (χ1) is 10.1. The number of nitrogens with two attached hydrogens (primary N) is 1. The summed E-state index contributed by atoms with van der Waals surface area (Å²) in [7, 11) is 0. The number of carbonyl (C=O) groups excluding carboxylic acids is 3. The molecule has 0 aliphatic rings. The summed E-state index contributed by atoms with van der Waals surface area (Å²) in [6.45, 7) is 6.93. The Labute approximate surface area is 129 Å². The maximum Gasteiger partial charge on any atom is 0.408 e. The number of ether oxygens (including phenoxy) is 1. The predicted octanol–water partition coefficient (Wildman–Crippen LogP) is 0.960. The molecule has 1 unspecified atom stereocenters. The van der Waals surface area contributed by atoms with E-state index in [1.54, 1.807) is 33.8 Å². The molecule has 1 atom stereocenters. The zero-order chi connectivity index (χ0) is 16.9. The van der Waals surface area contributed by atoms with Crippen LogP contribution >= 0.6 is 0 Å². The molecule has 0 aliphatic heterocycles. The standard InChI is InChI=1S/C14H22N4O4/c1-5-9(16-13(21)22-14(2,3)4)12(20)17-18-8-6-7-10(18)11(15)19/h6-9H,5H2,1-4H3,(H2,15,19)(H,16,21)(H,17,20). The van der Waals surface area contributed by atoms with Crippen LogP contribution in [0.5, 0.6) is 0 Å². The third kappa shape index (κ3) is 5.12. The van der Waals surface area contributed by atoms with Crippen molar-refractivity contribution in [3.05, 3.63) is 24.0 Å². The summed E-state index contributed by atoms with van der Waals surface area (Å²) >= 11 is 0. The molecule has 1 heterocycles. The van der Waals surface area contributed by atoms with Gasteiger partial charge in [0, 0.05) is 6.20 Å². The van der Waals surface area contributed by atoms with Crippen molar-refractivity contribution in [3.63, 3.8) is 0 Å². The molecule has 0 saturated heterocycles. The topological polar surface area (TPSA) is 115 Å². The van der Waals surface area contributed by atoms with E-state index >= 15 is 0 Å². The molecule has 0 spiro atoms. The highest BCUT2D eigenvalue weighted by Gasteiger charge is 2.23. The van der Waals surface area contributed by atoms with Crippen molar-refractivity contribution in [2.75, 3.05) is 5.43 Å². The molecule has 0 saturated carbocycles. The van der Waals surface area contributed by atoms with Gasteiger partial charge >= 0.3 is 6.09 Å². The Morgan fingerprint density at radius 1 is 1.36 bits per heavy atom. The molecule has 0 fully saturated rings. The molecule has 1 rings (SSSR count). The normalized spacial score (nSPS) is 12.4. The molecular formula is C14H22N4O4. The molecule has 1 aromatic rings. The number of nitrogens with zero attached hydrogens (tertiary/aromatic N) is 1. The number of amides is 3. The maximum absolute atomic E-state index is 12.2. The second-order valence-electron chi connectivity index (χ2n) is 5.71. The monoisotopic (exact) mass is 310 g/mol. The average Bonchev–Trinajstić information content (AvgIpc) is 2.81. The summed E-state index contributed by atoms with van der Waals surface area (Å²) in [6, 6.07) is 2.26. The Morgan fingerprint density at radius 2 is 2.00 bits per heavy atom. The smallest absolute Gasteiger partial charge is 0.408 e. The molecule has 0 aromatic carbocycles. The van der Waals surface area contributed by atoms with Crippen molar-refractivity contribution in [2.24, 2.45) is 5.73 Å². The van der Waals surface area contributed by atoms with Gasteiger partial charge in [0.1, 0.15) is 17.3 Å². The first-order valence-electron chi connectivity index (χ1n) is 6.91. The molecule has 1 aromatic heterocycles. The highest BCUT2D eigenvalue weighted by atomic mass is 16.6. The fourth-order valence-electron chi connectivity index (χ4n) is 1.68. The summed E-state index contributed by atoms with van der Waals surface area (Å²) in [6.07, 6.45) is 1.16. The van der Waals surface area contributed by atoms with Crippen LogP contribution in [0.3, 0.4) is 0 Å². The van der Waals surface area contributed by atoms with Gasteiger partial charge in [-0.05, 0) is 39.3 Å². The minimum absolute atomic E-state index is 0.139. The van der Waals surface area contributed by atoms with Crippen LogP contribution in [0.15, 0.2) is 18.3 Å². The molecule has 0 aliphatic carbocycles. The van der Waals surface area contributed by atoms with Crippen molar-refractivity contribution in [1.82, 2.24) is 9.99 Å². The van der Waals surface area contributed by atoms with E-state index in [9.17, 15) is 14.4 Å². The van der Waals surface area contributed by atoms with Gasteiger partial charge < -0.3 is 15.8 Å². The lowest BCUT2D eigenvalue weighted by Gasteiger charge is -2.23. The third-order valence-corrected chi connectivity index (χ3v) is 2.65. The number of carbonyl (C=O) groups is 3. The second-order valence-corrected chi connectivity index (χ2v) is 5.71. The van der Waals surface area contributed by atoms with Gasteiger partial charge in [-0.25, -0.2) is 4.79 Å². The summed E-state index contributed by atoms with van der Waals surface area (Å²) in [5, 5.41) is 2.48. The fraction of sp³-hybridized carbons (Fsp3) is 0.500. The third-order valence-electron chi connectivity index (χ3n) is 2.65. The van der Waals surface area contributed by atoms with Crippen LogP contribution in [0.4, 0.5) is 4.79 Å². The van der Waals surface area contributed by atoms with Gasteiger partial charge in [-0.3, -0.25) is 19.7 Å². The lowest BCUT2D eigenvalue weighted by atomic mass is 10.2. The first kappa shape index (κ1) is 17.5. The minimum Gasteiger partial charge on any atom is -0.444 e. The zero-order valence-electron chi connectivity index (χ0n) is 13.2. The van der Waals surface area contributed by atoms with Crippen molar-refractivity contribution < 1.29 is 19.1 Å². The maximum atomic E-state index is 12.2. The van der Waals surface area contributed by atoms with Crippen LogP contribution in [-0.4, -0.2) is 34.2 Å². The first-order valence-corrected chi connectivity index (χ1v) is 6.91. The Morgan fingerprint density at radius 3 is 2.50 bits per heavy atom. The van der Waals surface area contributed by atoms with Crippen LogP contribution in [-0.2, 0) is 9.53 Å². The van der Waals surface area contributed by atoms with E-state index in [-0.39, 0.29) is 5.69 Å². The van der Waals surface area contributed by atoms with E-state index in [0.29, 0.717) is 6.42 Å². The molecule has 0 radical (unpaired) electrons. The summed E-state index contributed by atoms with van der Waals surface area (Å²) in [4.78, 5) is 35.1. The van der Waals surface area contributed by atoms with Gasteiger partial charge in [0.25, 0.3) is 11.8 Å². The number of rotatable bonds is 5. The van der Waals surface area contributed by atoms with Crippen molar-refractivity contribution in [2.45, 2.75) is 45.8 Å². The van der Waals surface area contributed by atoms with Crippen molar-refractivity contribution in [3.8, 4) is 0 Å². The largest absolute Gasteiger partial charge is 0.444 e. The molecular weight excluding hydrogens is 288 g/mol. The summed E-state index contributed by atoms with van der Waals surface area (Å²) in [5.74, 6) is -1.15. The van der Waals surface area contributed by atoms with Crippen LogP contribution in [0.2, 0.25) is 0 Å². The quantitative estimate of drug-likeness (QED) is 0.751. The van der Waals surface area contributed by atoms with E-state index in [1.165, 1.54) is 16.9 Å². The van der Waals surface area contributed by atoms with E-state index in [0.717, 1.165) is 0 Å². The molecule has 4 N–H and O–H groups in total. The number of hydrogen-bond donors (Lipinski definition) is 3. The van der Waals surface area contributed by atoms with Gasteiger partial charge in [0.05, 0.1) is 0 Å². The SMILES string of the molecule is CCC(NC(=O)OC(C)(C)C)C(=O)Nn1cccc1C(N)=O. The molecule has 8 heteroatoms. The van der Waals surface area contributed by atoms with Crippen molar-refractivity contribution in [1.29, 1.82) is 0 Å². The Bertz CT molecular complexity index is 559. The summed E-state index contributed by atoms with van der Waals surface area (Å²) < 4.78 is 6.32. The Kier molecular flexibility index (Phi) is 5.56. The molecule has 122 valence electrons. The van der Waals surface area contributed by atoms with Gasteiger partial charge in [0.15, 0.2) is 0 Å². The second kappa shape index (κ2) is 6.97. The summed E-state index contributed by atoms with van der Waals surface area (Å²) in [5.41, 5.74) is 7.18. The lowest BCUT2D eigenvalue weighted by Crippen LogP contribution is -2.47. The van der Waals surface area contributed by atoms with E-state index in [1.807, 2.05) is 0 Å². The van der Waals surface area contributed by atoms with E-state index < -0.39 is 29.6 Å². The van der Waals surface area contributed by atoms with E-state index in [2.05, 4.69) is 10.7 Å². The van der Waals surface area contributed by atoms with Crippen LogP contribution < -0.4 is 16.5 Å². The molecule has 8 nitrogen and oxygen atoms in total. The number of hydrogen-bond acceptors (Lipinski definition) is 4. The van der Waals surface area contributed by atoms with Gasteiger partial charge in [-0.15, -0.1) is 0 Å². The van der Waals surface area contributed by atoms with Crippen LogP contribution in [0.1, 0.15) is 44.6 Å². The number of alkyl carbamates (subject to hydrolysis) is 1. The minimum atomic E-state index is -0.794. The number of nitrogens with one attached hydrogen (secondary N) is 2. The van der Waals surface area contributed by atoms with Crippen molar-refractivity contribution >= 4 is 17.9 Å².